The minimum atomic E-state index is -4.50. The lowest BCUT2D eigenvalue weighted by Crippen LogP contribution is -2.37. The van der Waals surface area contributed by atoms with Gasteiger partial charge in [0.15, 0.2) is 0 Å². The molecule has 0 unspecified atom stereocenters. The lowest BCUT2D eigenvalue weighted by molar-refractivity contribution is -0.137. The summed E-state index contributed by atoms with van der Waals surface area (Å²) in [6.07, 6.45) is -3.58. The minimum absolute atomic E-state index is 0.0965. The molecule has 28 heavy (non-hydrogen) atoms. The molecule has 0 saturated carbocycles. The van der Waals surface area contributed by atoms with Crippen LogP contribution in [0.2, 0.25) is 5.02 Å². The summed E-state index contributed by atoms with van der Waals surface area (Å²) >= 11 is 6.00. The second-order valence-corrected chi connectivity index (χ2v) is 8.03. The van der Waals surface area contributed by atoms with Crippen LogP contribution in [-0.2, 0) is 21.0 Å². The molecular formula is C17H16ClF3N2O4S. The van der Waals surface area contributed by atoms with Crippen molar-refractivity contribution in [3.63, 3.8) is 0 Å². The predicted octanol–water partition coefficient (Wildman–Crippen LogP) is 3.77. The van der Waals surface area contributed by atoms with E-state index >= 15 is 0 Å². The lowest BCUT2D eigenvalue weighted by atomic mass is 10.2. The summed E-state index contributed by atoms with van der Waals surface area (Å²) in [5.74, 6) is -0.412. The number of nitrogens with zero attached hydrogens (tertiary/aromatic N) is 1. The zero-order chi connectivity index (χ0) is 21.1. The van der Waals surface area contributed by atoms with Crippen molar-refractivity contribution >= 4 is 38.9 Å². The van der Waals surface area contributed by atoms with E-state index in [1.165, 1.54) is 25.3 Å². The zero-order valence-electron chi connectivity index (χ0n) is 14.7. The van der Waals surface area contributed by atoms with E-state index in [2.05, 4.69) is 5.32 Å². The van der Waals surface area contributed by atoms with Crippen molar-refractivity contribution in [2.75, 3.05) is 29.5 Å². The number of anilines is 2. The van der Waals surface area contributed by atoms with Crippen LogP contribution in [0.1, 0.15) is 5.56 Å². The quantitative estimate of drug-likeness (QED) is 0.748. The van der Waals surface area contributed by atoms with Crippen LogP contribution in [0, 0.1) is 0 Å². The highest BCUT2D eigenvalue weighted by Crippen LogP contribution is 2.31. The Labute approximate surface area is 164 Å². The van der Waals surface area contributed by atoms with Gasteiger partial charge in [0.25, 0.3) is 0 Å². The SMILES string of the molecule is COc1ccc(N(CC(=O)Nc2ccc(C(F)(F)F)cc2)S(C)(=O)=O)cc1Cl. The van der Waals surface area contributed by atoms with E-state index in [1.54, 1.807) is 0 Å². The molecule has 0 fully saturated rings. The average molecular weight is 437 g/mol. The maximum Gasteiger partial charge on any atom is 0.416 e. The van der Waals surface area contributed by atoms with E-state index in [-0.39, 0.29) is 16.4 Å². The molecular weight excluding hydrogens is 421 g/mol. The Morgan fingerprint density at radius 3 is 2.25 bits per heavy atom. The normalized spacial score (nSPS) is 11.8. The molecule has 152 valence electrons. The molecule has 0 aliphatic heterocycles. The first-order valence-corrected chi connectivity index (χ1v) is 9.93. The van der Waals surface area contributed by atoms with E-state index in [9.17, 15) is 26.4 Å². The molecule has 0 saturated heterocycles. The van der Waals surface area contributed by atoms with Gasteiger partial charge in [0.05, 0.1) is 29.6 Å². The Hall–Kier alpha value is -2.46. The molecule has 0 atom stereocenters. The highest BCUT2D eigenvalue weighted by molar-refractivity contribution is 7.92. The first-order chi connectivity index (χ1) is 12.9. The number of benzene rings is 2. The van der Waals surface area contributed by atoms with Crippen LogP contribution in [0.25, 0.3) is 0 Å². The summed E-state index contributed by atoms with van der Waals surface area (Å²) < 4.78 is 67.7. The number of halogens is 4. The van der Waals surface area contributed by atoms with Crippen molar-refractivity contribution in [2.24, 2.45) is 0 Å². The number of hydrogen-bond donors (Lipinski definition) is 1. The fourth-order valence-electron chi connectivity index (χ4n) is 2.28. The standard InChI is InChI=1S/C17H16ClF3N2O4S/c1-27-15-8-7-13(9-14(15)18)23(28(2,25)26)10-16(24)22-12-5-3-11(4-6-12)17(19,20)21/h3-9H,10H2,1-2H3,(H,22,24). The Kier molecular flexibility index (Phi) is 6.45. The highest BCUT2D eigenvalue weighted by Gasteiger charge is 2.30. The second kappa shape index (κ2) is 8.27. The maximum absolute atomic E-state index is 12.6. The van der Waals surface area contributed by atoms with Gasteiger partial charge in [-0.05, 0) is 42.5 Å². The van der Waals surface area contributed by atoms with Crippen molar-refractivity contribution in [2.45, 2.75) is 6.18 Å². The van der Waals surface area contributed by atoms with Crippen molar-refractivity contribution in [1.82, 2.24) is 0 Å². The van der Waals surface area contributed by atoms with Gasteiger partial charge in [-0.1, -0.05) is 11.6 Å². The summed E-state index contributed by atoms with van der Waals surface area (Å²) in [5.41, 5.74) is -0.633. The largest absolute Gasteiger partial charge is 0.495 e. The van der Waals surface area contributed by atoms with Gasteiger partial charge in [-0.2, -0.15) is 13.2 Å². The van der Waals surface area contributed by atoms with E-state index in [4.69, 9.17) is 16.3 Å². The van der Waals surface area contributed by atoms with Crippen molar-refractivity contribution in [1.29, 1.82) is 0 Å². The van der Waals surface area contributed by atoms with Crippen LogP contribution in [0.4, 0.5) is 24.5 Å². The number of carbonyl (C=O) groups is 1. The monoisotopic (exact) mass is 436 g/mol. The number of nitrogens with one attached hydrogen (secondary N) is 1. The molecule has 0 aliphatic rings. The highest BCUT2D eigenvalue weighted by atomic mass is 35.5. The van der Waals surface area contributed by atoms with Crippen LogP contribution in [-0.4, -0.2) is 34.2 Å². The van der Waals surface area contributed by atoms with Crippen LogP contribution in [0.5, 0.6) is 5.75 Å². The Bertz CT molecular complexity index is 963. The summed E-state index contributed by atoms with van der Waals surface area (Å²) in [4.78, 5) is 12.2. The van der Waals surface area contributed by atoms with Gasteiger partial charge in [0, 0.05) is 5.69 Å². The van der Waals surface area contributed by atoms with Crippen molar-refractivity contribution in [3.05, 3.63) is 53.1 Å². The molecule has 0 aromatic heterocycles. The number of sulfonamides is 1. The first-order valence-electron chi connectivity index (χ1n) is 7.70. The van der Waals surface area contributed by atoms with Crippen molar-refractivity contribution < 1.29 is 31.1 Å². The molecule has 2 aromatic rings. The van der Waals surface area contributed by atoms with Gasteiger partial charge in [-0.3, -0.25) is 9.10 Å². The summed E-state index contributed by atoms with van der Waals surface area (Å²) in [6.45, 7) is -0.595. The Morgan fingerprint density at radius 1 is 1.18 bits per heavy atom. The molecule has 0 spiro atoms. The smallest absolute Gasteiger partial charge is 0.416 e. The molecule has 11 heteroatoms. The van der Waals surface area contributed by atoms with Crippen LogP contribution in [0.3, 0.4) is 0 Å². The molecule has 0 bridgehead atoms. The van der Waals surface area contributed by atoms with E-state index in [1.807, 2.05) is 0 Å². The maximum atomic E-state index is 12.6. The van der Waals surface area contributed by atoms with Crippen molar-refractivity contribution in [3.8, 4) is 5.75 Å². The topological polar surface area (TPSA) is 75.7 Å². The van der Waals surface area contributed by atoms with Gasteiger partial charge in [0.2, 0.25) is 15.9 Å². The lowest BCUT2D eigenvalue weighted by Gasteiger charge is -2.22. The number of carbonyl (C=O) groups excluding carboxylic acids is 1. The van der Waals surface area contributed by atoms with Gasteiger partial charge in [0.1, 0.15) is 12.3 Å². The van der Waals surface area contributed by atoms with E-state index in [0.717, 1.165) is 34.8 Å². The van der Waals surface area contributed by atoms with E-state index in [0.29, 0.717) is 5.75 Å². The Balaban J connectivity index is 2.19. The van der Waals surface area contributed by atoms with Gasteiger partial charge in [-0.25, -0.2) is 8.42 Å². The summed E-state index contributed by atoms with van der Waals surface area (Å²) in [5, 5.41) is 2.51. The first kappa shape index (κ1) is 21.8. The number of amides is 1. The van der Waals surface area contributed by atoms with E-state index < -0.39 is 34.2 Å². The minimum Gasteiger partial charge on any atom is -0.495 e. The third-order valence-corrected chi connectivity index (χ3v) is 5.04. The summed E-state index contributed by atoms with van der Waals surface area (Å²) in [6, 6.07) is 7.97. The summed E-state index contributed by atoms with van der Waals surface area (Å²) in [7, 11) is -2.45. The fraction of sp³-hybridized carbons (Fsp3) is 0.235. The molecule has 2 aromatic carbocycles. The molecule has 0 aliphatic carbocycles. The van der Waals surface area contributed by atoms with Gasteiger partial charge in [-0.15, -0.1) is 0 Å². The predicted molar refractivity (Wildman–Crippen MR) is 100 cm³/mol. The van der Waals surface area contributed by atoms with Crippen LogP contribution >= 0.6 is 11.6 Å². The molecule has 6 nitrogen and oxygen atoms in total. The number of alkyl halides is 3. The number of hydrogen-bond acceptors (Lipinski definition) is 4. The van der Waals surface area contributed by atoms with Crippen LogP contribution < -0.4 is 14.4 Å². The average Bonchev–Trinajstić information content (AvgIpc) is 2.58. The third-order valence-electron chi connectivity index (χ3n) is 3.61. The molecule has 2 rings (SSSR count). The van der Waals surface area contributed by atoms with Gasteiger partial charge >= 0.3 is 6.18 Å². The Morgan fingerprint density at radius 2 is 1.79 bits per heavy atom. The molecule has 1 N–H and O–H groups in total. The molecule has 0 heterocycles. The number of methoxy groups -OCH3 is 1. The third kappa shape index (κ3) is 5.52. The molecule has 1 amide bonds. The van der Waals surface area contributed by atoms with Crippen LogP contribution in [0.15, 0.2) is 42.5 Å². The second-order valence-electron chi connectivity index (χ2n) is 5.71. The zero-order valence-corrected chi connectivity index (χ0v) is 16.3. The number of rotatable bonds is 6. The van der Waals surface area contributed by atoms with Gasteiger partial charge < -0.3 is 10.1 Å². The number of ether oxygens (including phenoxy) is 1. The molecule has 0 radical (unpaired) electrons. The fourth-order valence-corrected chi connectivity index (χ4v) is 3.38.